The predicted molar refractivity (Wildman–Crippen MR) is 50.7 cm³/mol. The minimum absolute atomic E-state index is 0.400. The van der Waals surface area contributed by atoms with E-state index in [-0.39, 0.29) is 0 Å². The van der Waals surface area contributed by atoms with Crippen molar-refractivity contribution >= 4 is 11.3 Å². The summed E-state index contributed by atoms with van der Waals surface area (Å²) in [6, 6.07) is -0.745. The fraction of sp³-hybridized carbons (Fsp3) is 0.625. The fourth-order valence-electron chi connectivity index (χ4n) is 1.00. The standard InChI is InChI=1S/C8H11F3N2OS/c1-5-3-15-7(13-5)6(2-14)12-4-8(9,10)11/h3,6,12,14H,2,4H2,1H3. The van der Waals surface area contributed by atoms with Gasteiger partial charge in [-0.15, -0.1) is 11.3 Å². The minimum atomic E-state index is -4.28. The molecule has 0 bridgehead atoms. The van der Waals surface area contributed by atoms with Gasteiger partial charge in [0.05, 0.1) is 19.2 Å². The number of aromatic nitrogens is 1. The Morgan fingerprint density at radius 3 is 2.67 bits per heavy atom. The van der Waals surface area contributed by atoms with Crippen LogP contribution < -0.4 is 5.32 Å². The molecule has 0 radical (unpaired) electrons. The van der Waals surface area contributed by atoms with Gasteiger partial charge in [0.15, 0.2) is 0 Å². The van der Waals surface area contributed by atoms with Crippen molar-refractivity contribution in [3.8, 4) is 0 Å². The monoisotopic (exact) mass is 240 g/mol. The second kappa shape index (κ2) is 4.91. The number of aliphatic hydroxyl groups excluding tert-OH is 1. The van der Waals surface area contributed by atoms with Crippen molar-refractivity contribution in [3.63, 3.8) is 0 Å². The summed E-state index contributed by atoms with van der Waals surface area (Å²) in [5.41, 5.74) is 0.738. The quantitative estimate of drug-likeness (QED) is 0.841. The van der Waals surface area contributed by atoms with E-state index in [1.165, 1.54) is 11.3 Å². The smallest absolute Gasteiger partial charge is 0.394 e. The molecule has 0 spiro atoms. The molecule has 0 amide bonds. The minimum Gasteiger partial charge on any atom is -0.394 e. The van der Waals surface area contributed by atoms with E-state index in [9.17, 15) is 13.2 Å². The normalized spacial score (nSPS) is 14.2. The van der Waals surface area contributed by atoms with E-state index in [4.69, 9.17) is 5.11 Å². The van der Waals surface area contributed by atoms with Gasteiger partial charge in [0.25, 0.3) is 0 Å². The zero-order valence-corrected chi connectivity index (χ0v) is 8.82. The summed E-state index contributed by atoms with van der Waals surface area (Å²) in [6.45, 7) is 0.220. The Morgan fingerprint density at radius 2 is 2.27 bits per heavy atom. The number of alkyl halides is 3. The summed E-state index contributed by atoms with van der Waals surface area (Å²) in [7, 11) is 0. The maximum Gasteiger partial charge on any atom is 0.401 e. The van der Waals surface area contributed by atoms with Gasteiger partial charge in [-0.05, 0) is 6.92 Å². The number of thiazole rings is 1. The van der Waals surface area contributed by atoms with E-state index in [0.29, 0.717) is 5.01 Å². The van der Waals surface area contributed by atoms with Crippen LogP contribution in [0.1, 0.15) is 16.7 Å². The van der Waals surface area contributed by atoms with E-state index in [1.807, 2.05) is 0 Å². The van der Waals surface area contributed by atoms with Gasteiger partial charge in [-0.25, -0.2) is 4.98 Å². The van der Waals surface area contributed by atoms with Crippen LogP contribution in [0.25, 0.3) is 0 Å². The fourth-order valence-corrected chi connectivity index (χ4v) is 1.86. The maximum absolute atomic E-state index is 11.9. The zero-order chi connectivity index (χ0) is 11.5. The number of rotatable bonds is 4. The van der Waals surface area contributed by atoms with E-state index in [1.54, 1.807) is 12.3 Å². The van der Waals surface area contributed by atoms with Crippen LogP contribution in [0.2, 0.25) is 0 Å². The number of hydrogen-bond donors (Lipinski definition) is 2. The molecule has 1 rings (SSSR count). The van der Waals surface area contributed by atoms with Crippen LogP contribution in [0.3, 0.4) is 0 Å². The first kappa shape index (κ1) is 12.4. The summed E-state index contributed by atoms with van der Waals surface area (Å²) in [4.78, 5) is 4.01. The van der Waals surface area contributed by atoms with Gasteiger partial charge in [0.2, 0.25) is 0 Å². The molecule has 15 heavy (non-hydrogen) atoms. The Balaban J connectivity index is 2.57. The molecule has 3 nitrogen and oxygen atoms in total. The lowest BCUT2D eigenvalue weighted by molar-refractivity contribution is -0.126. The average molecular weight is 240 g/mol. The molecule has 7 heteroatoms. The molecule has 0 aliphatic carbocycles. The molecule has 0 saturated carbocycles. The topological polar surface area (TPSA) is 45.1 Å². The first-order chi connectivity index (χ1) is 6.92. The highest BCUT2D eigenvalue weighted by atomic mass is 32.1. The molecule has 2 N–H and O–H groups in total. The van der Waals surface area contributed by atoms with Crippen molar-refractivity contribution in [1.82, 2.24) is 10.3 Å². The summed E-state index contributed by atoms with van der Waals surface area (Å²) < 4.78 is 35.7. The maximum atomic E-state index is 11.9. The molecule has 1 unspecified atom stereocenters. The molecule has 0 aliphatic heterocycles. The molecule has 1 heterocycles. The Kier molecular flexibility index (Phi) is 4.06. The summed E-state index contributed by atoms with van der Waals surface area (Å²) in [5.74, 6) is 0. The molecule has 0 aliphatic rings. The second-order valence-corrected chi connectivity index (χ2v) is 3.95. The summed E-state index contributed by atoms with van der Waals surface area (Å²) in [5, 5.41) is 13.3. The number of hydrogen-bond acceptors (Lipinski definition) is 4. The first-order valence-electron chi connectivity index (χ1n) is 4.25. The highest BCUT2D eigenvalue weighted by Crippen LogP contribution is 2.20. The van der Waals surface area contributed by atoms with Crippen molar-refractivity contribution in [2.45, 2.75) is 19.1 Å². The third-order valence-corrected chi connectivity index (χ3v) is 2.74. The first-order valence-corrected chi connectivity index (χ1v) is 5.13. The van der Waals surface area contributed by atoms with Crippen molar-refractivity contribution in [2.75, 3.05) is 13.2 Å². The van der Waals surface area contributed by atoms with Crippen LogP contribution in [0.4, 0.5) is 13.2 Å². The lowest BCUT2D eigenvalue weighted by Crippen LogP contribution is -2.33. The van der Waals surface area contributed by atoms with Gasteiger partial charge >= 0.3 is 6.18 Å². The Morgan fingerprint density at radius 1 is 1.60 bits per heavy atom. The lowest BCUT2D eigenvalue weighted by Gasteiger charge is -2.15. The van der Waals surface area contributed by atoms with Crippen molar-refractivity contribution < 1.29 is 18.3 Å². The van der Waals surface area contributed by atoms with Gasteiger partial charge < -0.3 is 5.11 Å². The predicted octanol–water partition coefficient (Wildman–Crippen LogP) is 1.64. The highest BCUT2D eigenvalue weighted by molar-refractivity contribution is 7.09. The van der Waals surface area contributed by atoms with E-state index >= 15 is 0 Å². The van der Waals surface area contributed by atoms with Gasteiger partial charge in [0.1, 0.15) is 5.01 Å². The number of halogens is 3. The van der Waals surface area contributed by atoms with Crippen molar-refractivity contribution in [3.05, 3.63) is 16.1 Å². The number of aliphatic hydroxyl groups is 1. The molecular formula is C8H11F3N2OS. The SMILES string of the molecule is Cc1csc(C(CO)NCC(F)(F)F)n1. The van der Waals surface area contributed by atoms with E-state index < -0.39 is 25.4 Å². The second-order valence-electron chi connectivity index (χ2n) is 3.06. The number of nitrogens with zero attached hydrogens (tertiary/aromatic N) is 1. The molecule has 0 saturated heterocycles. The Hall–Kier alpha value is -0.660. The van der Waals surface area contributed by atoms with Crippen LogP contribution in [0.5, 0.6) is 0 Å². The average Bonchev–Trinajstić information content (AvgIpc) is 2.51. The molecule has 1 aromatic rings. The molecule has 1 atom stereocenters. The zero-order valence-electron chi connectivity index (χ0n) is 8.01. The van der Waals surface area contributed by atoms with Crippen LogP contribution in [-0.2, 0) is 0 Å². The van der Waals surface area contributed by atoms with Crippen LogP contribution >= 0.6 is 11.3 Å². The largest absolute Gasteiger partial charge is 0.401 e. The Labute approximate surface area is 89.0 Å². The number of aryl methyl sites for hydroxylation is 1. The lowest BCUT2D eigenvalue weighted by atomic mass is 10.3. The Bertz CT molecular complexity index is 313. The molecule has 0 aromatic carbocycles. The van der Waals surface area contributed by atoms with Crippen molar-refractivity contribution in [1.29, 1.82) is 0 Å². The van der Waals surface area contributed by atoms with Crippen molar-refractivity contribution in [2.24, 2.45) is 0 Å². The van der Waals surface area contributed by atoms with Gasteiger partial charge in [-0.1, -0.05) is 0 Å². The summed E-state index contributed by atoms with van der Waals surface area (Å²) in [6.07, 6.45) is -4.28. The number of nitrogens with one attached hydrogen (secondary N) is 1. The van der Waals surface area contributed by atoms with Gasteiger partial charge in [-0.2, -0.15) is 13.2 Å². The van der Waals surface area contributed by atoms with Crippen LogP contribution in [-0.4, -0.2) is 29.4 Å². The van der Waals surface area contributed by atoms with Gasteiger partial charge in [0, 0.05) is 11.1 Å². The van der Waals surface area contributed by atoms with Gasteiger partial charge in [-0.3, -0.25) is 5.32 Å². The molecular weight excluding hydrogens is 229 g/mol. The molecule has 1 aromatic heterocycles. The summed E-state index contributed by atoms with van der Waals surface area (Å²) >= 11 is 1.23. The molecule has 0 fully saturated rings. The van der Waals surface area contributed by atoms with E-state index in [0.717, 1.165) is 5.69 Å². The van der Waals surface area contributed by atoms with Crippen LogP contribution in [0.15, 0.2) is 5.38 Å². The van der Waals surface area contributed by atoms with Crippen LogP contribution in [0, 0.1) is 6.92 Å². The third-order valence-electron chi connectivity index (χ3n) is 1.67. The highest BCUT2D eigenvalue weighted by Gasteiger charge is 2.28. The molecule has 86 valence electrons. The van der Waals surface area contributed by atoms with E-state index in [2.05, 4.69) is 10.3 Å². The third kappa shape index (κ3) is 4.15.